The fourth-order valence-electron chi connectivity index (χ4n) is 9.40. The molecule has 234 valence electrons. The van der Waals surface area contributed by atoms with Crippen LogP contribution in [0, 0.1) is 0 Å². The normalized spacial score (nSPS) is 20.7. The van der Waals surface area contributed by atoms with Crippen molar-refractivity contribution in [2.75, 3.05) is 10.6 Å². The summed E-state index contributed by atoms with van der Waals surface area (Å²) in [5.74, 6) is 2.15. The smallest absolute Gasteiger partial charge is 0.132 e. The van der Waals surface area contributed by atoms with E-state index in [4.69, 9.17) is 4.74 Å². The van der Waals surface area contributed by atoms with Gasteiger partial charge in [0.2, 0.25) is 0 Å². The molecule has 4 aliphatic rings. The second-order valence-corrected chi connectivity index (χ2v) is 13.7. The number of ether oxygens (including phenoxy) is 1. The Bertz CT molecular complexity index is 2500. The third-order valence-electron chi connectivity index (χ3n) is 11.3. The first-order valence-corrected chi connectivity index (χ1v) is 17.3. The van der Waals surface area contributed by atoms with Gasteiger partial charge in [0.15, 0.2) is 0 Å². The van der Waals surface area contributed by atoms with Gasteiger partial charge >= 0.3 is 0 Å². The van der Waals surface area contributed by atoms with Crippen LogP contribution in [0.2, 0.25) is 0 Å². The minimum atomic E-state index is -0.463. The van der Waals surface area contributed by atoms with Gasteiger partial charge in [-0.2, -0.15) is 0 Å². The number of nitrogens with one attached hydrogen (secondary N) is 2. The number of anilines is 2. The maximum absolute atomic E-state index is 6.64. The summed E-state index contributed by atoms with van der Waals surface area (Å²) >= 11 is 0. The Morgan fingerprint density at radius 1 is 0.612 bits per heavy atom. The van der Waals surface area contributed by atoms with Crippen molar-refractivity contribution < 1.29 is 4.74 Å². The molecule has 0 radical (unpaired) electrons. The quantitative estimate of drug-likeness (QED) is 0.199. The van der Waals surface area contributed by atoms with Gasteiger partial charge in [-0.3, -0.25) is 0 Å². The summed E-state index contributed by atoms with van der Waals surface area (Å²) in [6.45, 7) is 0. The summed E-state index contributed by atoms with van der Waals surface area (Å²) in [6.07, 6.45) is 7.87. The van der Waals surface area contributed by atoms with Gasteiger partial charge in [0.25, 0.3) is 0 Å². The standard InChI is InChI=1S/C45H33N3O/c1-2-14-28(15-3-1)43-44(47-38-22-10-9-21-37(38)46-43)48-39-23-11-5-17-30(39)32-26-31-29-16-4-6-18-33(29)45(36(31)27-40(32)48)34-19-7-12-24-41(34)49-42-25-13-8-20-35(42)45/h1-15,17-27,29,43-44,46-47H,16H2. The number of benzene rings is 6. The van der Waals surface area contributed by atoms with Crippen molar-refractivity contribution >= 4 is 33.2 Å². The van der Waals surface area contributed by atoms with Crippen molar-refractivity contribution in [1.82, 2.24) is 4.57 Å². The van der Waals surface area contributed by atoms with Crippen LogP contribution < -0.4 is 15.4 Å². The zero-order valence-electron chi connectivity index (χ0n) is 26.8. The molecule has 3 heterocycles. The van der Waals surface area contributed by atoms with Crippen LogP contribution in [0.5, 0.6) is 11.5 Å². The van der Waals surface area contributed by atoms with E-state index < -0.39 is 5.41 Å². The maximum Gasteiger partial charge on any atom is 0.132 e. The van der Waals surface area contributed by atoms with Crippen LogP contribution in [0.1, 0.15) is 52.4 Å². The Labute approximate surface area is 285 Å². The molecular weight excluding hydrogens is 599 g/mol. The minimum Gasteiger partial charge on any atom is -0.457 e. The number of rotatable bonds is 2. The van der Waals surface area contributed by atoms with Crippen molar-refractivity contribution in [3.8, 4) is 11.5 Å². The maximum atomic E-state index is 6.64. The lowest BCUT2D eigenvalue weighted by Crippen LogP contribution is -2.34. The third-order valence-corrected chi connectivity index (χ3v) is 11.3. The molecule has 1 aromatic heterocycles. The highest BCUT2D eigenvalue weighted by atomic mass is 16.5. The van der Waals surface area contributed by atoms with E-state index in [1.165, 1.54) is 55.2 Å². The largest absolute Gasteiger partial charge is 0.457 e. The fraction of sp³-hybridized carbons (Fsp3) is 0.111. The summed E-state index contributed by atoms with van der Waals surface area (Å²) in [5, 5.41) is 10.5. The fourth-order valence-corrected chi connectivity index (χ4v) is 9.40. The Morgan fingerprint density at radius 2 is 1.29 bits per heavy atom. The molecule has 2 aliphatic carbocycles. The van der Waals surface area contributed by atoms with Crippen LogP contribution in [-0.4, -0.2) is 4.57 Å². The molecule has 0 amide bonds. The number of para-hydroxylation sites is 5. The number of hydrogen-bond donors (Lipinski definition) is 2. The first kappa shape index (κ1) is 27.0. The number of fused-ring (bicyclic) bond motifs is 13. The van der Waals surface area contributed by atoms with E-state index >= 15 is 0 Å². The number of hydrogen-bond acceptors (Lipinski definition) is 3. The highest BCUT2D eigenvalue weighted by Gasteiger charge is 2.54. The summed E-state index contributed by atoms with van der Waals surface area (Å²) in [6, 6.07) is 50.7. The highest BCUT2D eigenvalue weighted by Crippen LogP contribution is 2.65. The van der Waals surface area contributed by atoms with E-state index in [9.17, 15) is 0 Å². The van der Waals surface area contributed by atoms with E-state index in [2.05, 4.69) is 173 Å². The van der Waals surface area contributed by atoms with Gasteiger partial charge in [0.1, 0.15) is 17.7 Å². The summed E-state index contributed by atoms with van der Waals surface area (Å²) in [5.41, 5.74) is 12.1. The van der Waals surface area contributed by atoms with Crippen LogP contribution in [0.4, 0.5) is 11.4 Å². The van der Waals surface area contributed by atoms with E-state index in [1.807, 2.05) is 0 Å². The number of allylic oxidation sites excluding steroid dienone is 4. The molecule has 3 unspecified atom stereocenters. The summed E-state index contributed by atoms with van der Waals surface area (Å²) < 4.78 is 9.20. The topological polar surface area (TPSA) is 38.2 Å². The molecule has 11 rings (SSSR count). The molecule has 2 aliphatic heterocycles. The molecule has 49 heavy (non-hydrogen) atoms. The predicted octanol–water partition coefficient (Wildman–Crippen LogP) is 11.0. The van der Waals surface area contributed by atoms with Crippen LogP contribution in [0.3, 0.4) is 0 Å². The van der Waals surface area contributed by atoms with Gasteiger partial charge in [0.05, 0.1) is 33.9 Å². The van der Waals surface area contributed by atoms with Gasteiger partial charge in [-0.25, -0.2) is 0 Å². The second kappa shape index (κ2) is 10.0. The molecule has 0 bridgehead atoms. The second-order valence-electron chi connectivity index (χ2n) is 13.7. The first-order chi connectivity index (χ1) is 24.3. The Hall–Kier alpha value is -6.00. The van der Waals surface area contributed by atoms with Gasteiger partial charge in [-0.05, 0) is 71.1 Å². The molecule has 4 heteroatoms. The zero-order valence-corrected chi connectivity index (χ0v) is 26.8. The summed E-state index contributed by atoms with van der Waals surface area (Å²) in [4.78, 5) is 0. The molecule has 6 aromatic carbocycles. The van der Waals surface area contributed by atoms with Gasteiger partial charge in [0, 0.05) is 27.8 Å². The van der Waals surface area contributed by atoms with E-state index in [-0.39, 0.29) is 18.1 Å². The molecule has 7 aromatic rings. The molecule has 0 fully saturated rings. The van der Waals surface area contributed by atoms with Crippen molar-refractivity contribution in [1.29, 1.82) is 0 Å². The van der Waals surface area contributed by atoms with E-state index in [0.717, 1.165) is 29.3 Å². The lowest BCUT2D eigenvalue weighted by atomic mass is 9.64. The average molecular weight is 632 g/mol. The van der Waals surface area contributed by atoms with Gasteiger partial charge in [-0.15, -0.1) is 0 Å². The van der Waals surface area contributed by atoms with Crippen molar-refractivity contribution in [2.45, 2.75) is 30.0 Å². The number of aromatic nitrogens is 1. The molecular formula is C45H33N3O. The molecule has 2 N–H and O–H groups in total. The summed E-state index contributed by atoms with van der Waals surface area (Å²) in [7, 11) is 0. The monoisotopic (exact) mass is 631 g/mol. The minimum absolute atomic E-state index is 0.00339. The van der Waals surface area contributed by atoms with Crippen molar-refractivity contribution in [2.24, 2.45) is 0 Å². The Kier molecular flexibility index (Phi) is 5.51. The lowest BCUT2D eigenvalue weighted by Gasteiger charge is -2.41. The third kappa shape index (κ3) is 3.58. The van der Waals surface area contributed by atoms with Crippen LogP contribution in [0.15, 0.2) is 163 Å². The van der Waals surface area contributed by atoms with Gasteiger partial charge in [-0.1, -0.05) is 115 Å². The molecule has 1 spiro atoms. The van der Waals surface area contributed by atoms with Crippen molar-refractivity contribution in [3.05, 3.63) is 191 Å². The average Bonchev–Trinajstić information content (AvgIpc) is 3.64. The van der Waals surface area contributed by atoms with Crippen LogP contribution >= 0.6 is 0 Å². The Morgan fingerprint density at radius 3 is 2.08 bits per heavy atom. The van der Waals surface area contributed by atoms with Crippen LogP contribution in [0.25, 0.3) is 21.8 Å². The molecule has 0 saturated carbocycles. The predicted molar refractivity (Wildman–Crippen MR) is 199 cm³/mol. The van der Waals surface area contributed by atoms with Crippen molar-refractivity contribution in [3.63, 3.8) is 0 Å². The molecule has 3 atom stereocenters. The molecule has 0 saturated heterocycles. The van der Waals surface area contributed by atoms with E-state index in [1.54, 1.807) is 0 Å². The zero-order chi connectivity index (χ0) is 32.1. The lowest BCUT2D eigenvalue weighted by molar-refractivity contribution is 0.433. The Balaban J connectivity index is 1.25. The SMILES string of the molecule is C1=CCC2C(=C1)C1(c3ccccc3Oc3ccccc31)c1cc3c(cc12)c1ccccc1n3C1Nc2ccccc2NC1c1ccccc1. The van der Waals surface area contributed by atoms with Crippen LogP contribution in [-0.2, 0) is 5.41 Å². The molecule has 4 nitrogen and oxygen atoms in total. The first-order valence-electron chi connectivity index (χ1n) is 17.3. The van der Waals surface area contributed by atoms with Gasteiger partial charge < -0.3 is 19.9 Å². The van der Waals surface area contributed by atoms with E-state index in [0.29, 0.717) is 0 Å². The highest BCUT2D eigenvalue weighted by molar-refractivity contribution is 6.09. The number of nitrogens with zero attached hydrogens (tertiary/aromatic N) is 1.